The molecule has 0 aromatic heterocycles. The Morgan fingerprint density at radius 1 is 0.800 bits per heavy atom. The van der Waals surface area contributed by atoms with E-state index in [-0.39, 0.29) is 5.97 Å². The predicted molar refractivity (Wildman–Crippen MR) is 138 cm³/mol. The van der Waals surface area contributed by atoms with E-state index in [1.807, 2.05) is 69.6 Å². The van der Waals surface area contributed by atoms with Gasteiger partial charge in [-0.3, -0.25) is 0 Å². The average molecular weight is 463 g/mol. The molecule has 174 valence electrons. The Labute approximate surface area is 204 Å². The zero-order valence-corrected chi connectivity index (χ0v) is 20.2. The molecule has 0 saturated heterocycles. The molecule has 5 heteroatoms. The largest absolute Gasteiger partial charge is 0.456 e. The van der Waals surface area contributed by atoms with Crippen LogP contribution < -0.4 is 15.0 Å². The third kappa shape index (κ3) is 3.12. The Bertz CT molecular complexity index is 1490. The molecule has 6 rings (SSSR count). The fraction of sp³-hybridized carbons (Fsp3) is 0.167. The van der Waals surface area contributed by atoms with Crippen molar-refractivity contribution in [3.05, 3.63) is 112 Å². The molecule has 0 amide bonds. The number of nitrogens with zero attached hydrogens (tertiary/aromatic N) is 1. The van der Waals surface area contributed by atoms with Crippen molar-refractivity contribution in [3.8, 4) is 11.5 Å². The first kappa shape index (κ1) is 21.3. The molecule has 1 spiro atoms. The highest BCUT2D eigenvalue weighted by molar-refractivity contribution is 5.97. The van der Waals surface area contributed by atoms with Gasteiger partial charge in [-0.25, -0.2) is 4.79 Å². The number of aryl methyl sites for hydroxylation is 1. The van der Waals surface area contributed by atoms with Crippen molar-refractivity contribution in [3.63, 3.8) is 0 Å². The summed E-state index contributed by atoms with van der Waals surface area (Å²) in [5, 5.41) is 3.47. The molecule has 1 N–H and O–H groups in total. The topological polar surface area (TPSA) is 50.8 Å². The highest BCUT2D eigenvalue weighted by Gasteiger charge is 2.53. The number of anilines is 3. The van der Waals surface area contributed by atoms with Gasteiger partial charge in [0.1, 0.15) is 11.5 Å². The normalized spacial score (nSPS) is 17.2. The quantitative estimate of drug-likeness (QED) is 0.344. The molecule has 5 nitrogen and oxygen atoms in total. The van der Waals surface area contributed by atoms with E-state index >= 15 is 0 Å². The van der Waals surface area contributed by atoms with Crippen LogP contribution in [0.3, 0.4) is 0 Å². The molecule has 0 fully saturated rings. The number of esters is 1. The molecule has 0 aliphatic carbocycles. The Balaban J connectivity index is 1.50. The van der Waals surface area contributed by atoms with E-state index in [1.54, 1.807) is 0 Å². The first-order valence-electron chi connectivity index (χ1n) is 11.7. The first-order valence-corrected chi connectivity index (χ1v) is 11.7. The minimum Gasteiger partial charge on any atom is -0.456 e. The molecule has 2 heterocycles. The zero-order valence-electron chi connectivity index (χ0n) is 20.2. The second-order valence-corrected chi connectivity index (χ2v) is 9.38. The summed E-state index contributed by atoms with van der Waals surface area (Å²) in [6, 6.07) is 25.9. The second kappa shape index (κ2) is 7.64. The summed E-state index contributed by atoms with van der Waals surface area (Å²) < 4.78 is 12.8. The van der Waals surface area contributed by atoms with E-state index in [1.165, 1.54) is 0 Å². The average Bonchev–Trinajstić information content (AvgIpc) is 3.15. The van der Waals surface area contributed by atoms with Gasteiger partial charge < -0.3 is 19.7 Å². The van der Waals surface area contributed by atoms with Crippen LogP contribution in [0.15, 0.2) is 78.9 Å². The maximum Gasteiger partial charge on any atom is 0.340 e. The van der Waals surface area contributed by atoms with Crippen LogP contribution in [-0.2, 0) is 10.3 Å². The van der Waals surface area contributed by atoms with E-state index < -0.39 is 5.60 Å². The van der Waals surface area contributed by atoms with Crippen LogP contribution in [0.5, 0.6) is 11.5 Å². The van der Waals surface area contributed by atoms with Gasteiger partial charge in [0.15, 0.2) is 5.60 Å². The summed E-state index contributed by atoms with van der Waals surface area (Å²) in [6.45, 7) is 4.11. The van der Waals surface area contributed by atoms with Gasteiger partial charge in [-0.2, -0.15) is 0 Å². The van der Waals surface area contributed by atoms with Crippen molar-refractivity contribution >= 4 is 23.0 Å². The lowest BCUT2D eigenvalue weighted by atomic mass is 9.76. The standard InChI is InChI=1S/C30H26N2O3/c1-18-9-15-26-28(19(18)2)34-27-17-21(31-20-10-13-22(14-11-20)32(3)4)12-16-25(27)30(26)24-8-6-5-7-23(24)29(33)35-30/h5-17,31H,1-4H3. The molecule has 4 aromatic rings. The summed E-state index contributed by atoms with van der Waals surface area (Å²) in [4.78, 5) is 15.1. The van der Waals surface area contributed by atoms with Gasteiger partial charge in [-0.15, -0.1) is 0 Å². The summed E-state index contributed by atoms with van der Waals surface area (Å²) in [7, 11) is 4.04. The van der Waals surface area contributed by atoms with Gasteiger partial charge in [0.25, 0.3) is 0 Å². The second-order valence-electron chi connectivity index (χ2n) is 9.38. The third-order valence-corrected chi connectivity index (χ3v) is 7.07. The maximum absolute atomic E-state index is 13.0. The third-order valence-electron chi connectivity index (χ3n) is 7.07. The molecule has 2 aliphatic rings. The minimum absolute atomic E-state index is 0.319. The van der Waals surface area contributed by atoms with E-state index in [4.69, 9.17) is 9.47 Å². The summed E-state index contributed by atoms with van der Waals surface area (Å²) in [5.74, 6) is 1.10. The fourth-order valence-electron chi connectivity index (χ4n) is 5.06. The van der Waals surface area contributed by atoms with Gasteiger partial charge in [0.05, 0.1) is 5.56 Å². The highest BCUT2D eigenvalue weighted by atomic mass is 16.6. The SMILES string of the molecule is Cc1ccc2c(c1C)Oc1cc(Nc3ccc(N(C)C)cc3)ccc1C21OC(=O)c2ccccc21. The molecule has 2 aliphatic heterocycles. The van der Waals surface area contributed by atoms with E-state index in [0.717, 1.165) is 50.6 Å². The van der Waals surface area contributed by atoms with E-state index in [9.17, 15) is 4.79 Å². The summed E-state index contributed by atoms with van der Waals surface area (Å²) in [5.41, 5.74) is 7.23. The first-order chi connectivity index (χ1) is 16.9. The number of nitrogens with one attached hydrogen (secondary N) is 1. The fourth-order valence-corrected chi connectivity index (χ4v) is 5.06. The predicted octanol–water partition coefficient (Wildman–Crippen LogP) is 6.68. The maximum atomic E-state index is 13.0. The van der Waals surface area contributed by atoms with E-state index in [0.29, 0.717) is 11.3 Å². The Hall–Kier alpha value is -4.25. The van der Waals surface area contributed by atoms with Crippen molar-refractivity contribution in [1.82, 2.24) is 0 Å². The van der Waals surface area contributed by atoms with Crippen LogP contribution >= 0.6 is 0 Å². The minimum atomic E-state index is -1.04. The Morgan fingerprint density at radius 3 is 2.29 bits per heavy atom. The summed E-state index contributed by atoms with van der Waals surface area (Å²) in [6.07, 6.45) is 0. The molecule has 35 heavy (non-hydrogen) atoms. The van der Waals surface area contributed by atoms with Crippen LogP contribution in [0, 0.1) is 13.8 Å². The van der Waals surface area contributed by atoms with Gasteiger partial charge in [0, 0.05) is 53.9 Å². The van der Waals surface area contributed by atoms with Crippen LogP contribution in [0.2, 0.25) is 0 Å². The Morgan fingerprint density at radius 2 is 1.51 bits per heavy atom. The van der Waals surface area contributed by atoms with Gasteiger partial charge in [-0.1, -0.05) is 30.3 Å². The lowest BCUT2D eigenvalue weighted by Crippen LogP contribution is -2.33. The lowest BCUT2D eigenvalue weighted by molar-refractivity contribution is 0.0224. The smallest absolute Gasteiger partial charge is 0.340 e. The van der Waals surface area contributed by atoms with Crippen molar-refractivity contribution in [1.29, 1.82) is 0 Å². The van der Waals surface area contributed by atoms with Crippen LogP contribution in [-0.4, -0.2) is 20.1 Å². The molecule has 1 atom stereocenters. The molecular formula is C30H26N2O3. The highest BCUT2D eigenvalue weighted by Crippen LogP contribution is 2.57. The van der Waals surface area contributed by atoms with Crippen LogP contribution in [0.1, 0.15) is 38.2 Å². The number of rotatable bonds is 3. The Kier molecular flexibility index (Phi) is 4.65. The number of benzene rings is 4. The number of fused-ring (bicyclic) bond motifs is 6. The number of hydrogen-bond donors (Lipinski definition) is 1. The number of ether oxygens (including phenoxy) is 2. The van der Waals surface area contributed by atoms with Crippen LogP contribution in [0.25, 0.3) is 0 Å². The number of hydrogen-bond acceptors (Lipinski definition) is 5. The molecule has 1 unspecified atom stereocenters. The van der Waals surface area contributed by atoms with Gasteiger partial charge >= 0.3 is 5.97 Å². The van der Waals surface area contributed by atoms with Crippen molar-refractivity contribution in [2.45, 2.75) is 19.4 Å². The monoisotopic (exact) mass is 462 g/mol. The van der Waals surface area contributed by atoms with Crippen LogP contribution in [0.4, 0.5) is 17.1 Å². The molecule has 0 saturated carbocycles. The van der Waals surface area contributed by atoms with Crippen molar-refractivity contribution in [2.75, 3.05) is 24.3 Å². The van der Waals surface area contributed by atoms with Gasteiger partial charge in [-0.05, 0) is 67.4 Å². The molecule has 0 bridgehead atoms. The molecular weight excluding hydrogens is 436 g/mol. The lowest BCUT2D eigenvalue weighted by Gasteiger charge is -2.37. The van der Waals surface area contributed by atoms with Crippen molar-refractivity contribution in [2.24, 2.45) is 0 Å². The molecule has 4 aromatic carbocycles. The molecule has 0 radical (unpaired) electrons. The van der Waals surface area contributed by atoms with Gasteiger partial charge in [0.2, 0.25) is 0 Å². The van der Waals surface area contributed by atoms with Crippen molar-refractivity contribution < 1.29 is 14.3 Å². The summed E-state index contributed by atoms with van der Waals surface area (Å²) >= 11 is 0. The number of carbonyl (C=O) groups excluding carboxylic acids is 1. The van der Waals surface area contributed by atoms with E-state index in [2.05, 4.69) is 47.5 Å². The number of carbonyl (C=O) groups is 1. The zero-order chi connectivity index (χ0) is 24.3.